The number of benzene rings is 1. The first-order valence-corrected chi connectivity index (χ1v) is 7.14. The van der Waals surface area contributed by atoms with E-state index in [0.29, 0.717) is 6.04 Å². The quantitative estimate of drug-likeness (QED) is 0.433. The highest BCUT2D eigenvalue weighted by molar-refractivity contribution is 5.39. The zero-order chi connectivity index (χ0) is 13.5. The van der Waals surface area contributed by atoms with E-state index in [-0.39, 0.29) is 0 Å². The van der Waals surface area contributed by atoms with Crippen molar-refractivity contribution in [3.8, 4) is 0 Å². The van der Waals surface area contributed by atoms with Crippen LogP contribution in [0.15, 0.2) is 12.1 Å². The summed E-state index contributed by atoms with van der Waals surface area (Å²) in [5.74, 6) is 5.75. The van der Waals surface area contributed by atoms with Gasteiger partial charge in [0, 0.05) is 6.04 Å². The topological polar surface area (TPSA) is 38.0 Å². The number of hydrazine groups is 1. The van der Waals surface area contributed by atoms with Gasteiger partial charge in [0.1, 0.15) is 0 Å². The molecule has 1 rings (SSSR count). The fourth-order valence-electron chi connectivity index (χ4n) is 2.83. The number of nitrogens with one attached hydrogen (secondary N) is 1. The maximum Gasteiger partial charge on any atom is 0.0465 e. The lowest BCUT2D eigenvalue weighted by Gasteiger charge is -2.21. The van der Waals surface area contributed by atoms with Crippen molar-refractivity contribution >= 4 is 0 Å². The zero-order valence-corrected chi connectivity index (χ0v) is 12.3. The van der Waals surface area contributed by atoms with Gasteiger partial charge in [-0.15, -0.1) is 0 Å². The van der Waals surface area contributed by atoms with Crippen LogP contribution in [0.3, 0.4) is 0 Å². The Kier molecular flexibility index (Phi) is 6.37. The van der Waals surface area contributed by atoms with Crippen molar-refractivity contribution in [2.75, 3.05) is 0 Å². The van der Waals surface area contributed by atoms with Crippen LogP contribution in [0.5, 0.6) is 0 Å². The smallest absolute Gasteiger partial charge is 0.0465 e. The van der Waals surface area contributed by atoms with Gasteiger partial charge in [0.2, 0.25) is 0 Å². The molecule has 0 saturated heterocycles. The third kappa shape index (κ3) is 4.11. The summed E-state index contributed by atoms with van der Waals surface area (Å²) in [6, 6.07) is 4.79. The average Bonchev–Trinajstić information content (AvgIpc) is 2.31. The third-order valence-corrected chi connectivity index (χ3v) is 3.63. The van der Waals surface area contributed by atoms with Crippen molar-refractivity contribution in [2.45, 2.75) is 65.8 Å². The second-order valence-corrected chi connectivity index (χ2v) is 5.38. The molecule has 1 aromatic carbocycles. The first kappa shape index (κ1) is 15.2. The lowest BCUT2D eigenvalue weighted by Crippen LogP contribution is -2.29. The van der Waals surface area contributed by atoms with Crippen molar-refractivity contribution in [3.05, 3.63) is 34.4 Å². The number of unbranched alkanes of at least 4 members (excludes halogenated alkanes) is 3. The lowest BCUT2D eigenvalue weighted by atomic mass is 9.91. The number of hydrogen-bond donors (Lipinski definition) is 2. The van der Waals surface area contributed by atoms with Crippen LogP contribution >= 0.6 is 0 Å². The molecule has 3 N–H and O–H groups in total. The minimum absolute atomic E-state index is 0.294. The van der Waals surface area contributed by atoms with Gasteiger partial charge in [-0.25, -0.2) is 0 Å². The van der Waals surface area contributed by atoms with Crippen molar-refractivity contribution in [2.24, 2.45) is 5.84 Å². The summed E-state index contributed by atoms with van der Waals surface area (Å²) in [6.07, 6.45) is 6.28. The van der Waals surface area contributed by atoms with Gasteiger partial charge in [-0.2, -0.15) is 0 Å². The molecule has 0 aliphatic carbocycles. The van der Waals surface area contributed by atoms with Crippen molar-refractivity contribution in [1.29, 1.82) is 0 Å². The van der Waals surface area contributed by atoms with E-state index in [1.807, 2.05) is 0 Å². The van der Waals surface area contributed by atoms with Gasteiger partial charge in [0.25, 0.3) is 0 Å². The Morgan fingerprint density at radius 2 is 1.67 bits per heavy atom. The van der Waals surface area contributed by atoms with E-state index < -0.39 is 0 Å². The fraction of sp³-hybridized carbons (Fsp3) is 0.625. The minimum atomic E-state index is 0.294. The summed E-state index contributed by atoms with van der Waals surface area (Å²) in [6.45, 7) is 8.76. The molecule has 1 unspecified atom stereocenters. The molecule has 0 amide bonds. The Labute approximate surface area is 112 Å². The second-order valence-electron chi connectivity index (χ2n) is 5.38. The SMILES string of the molecule is CCCCCCC(NN)c1c(C)cc(C)cc1C. The molecule has 0 aliphatic heterocycles. The van der Waals surface area contributed by atoms with Crippen LogP contribution in [-0.2, 0) is 0 Å². The molecular weight excluding hydrogens is 220 g/mol. The van der Waals surface area contributed by atoms with Crippen molar-refractivity contribution in [1.82, 2.24) is 5.43 Å². The van der Waals surface area contributed by atoms with E-state index in [4.69, 9.17) is 5.84 Å². The Balaban J connectivity index is 2.75. The van der Waals surface area contributed by atoms with Gasteiger partial charge in [-0.05, 0) is 43.9 Å². The molecule has 0 aromatic heterocycles. The fourth-order valence-corrected chi connectivity index (χ4v) is 2.83. The molecule has 102 valence electrons. The van der Waals surface area contributed by atoms with Crippen LogP contribution in [0.25, 0.3) is 0 Å². The minimum Gasteiger partial charge on any atom is -0.271 e. The molecule has 0 aliphatic rings. The van der Waals surface area contributed by atoms with E-state index in [1.54, 1.807) is 0 Å². The summed E-state index contributed by atoms with van der Waals surface area (Å²) >= 11 is 0. The number of rotatable bonds is 7. The standard InChI is InChI=1S/C16H28N2/c1-5-6-7-8-9-15(18-17)16-13(3)10-12(2)11-14(16)4/h10-11,15,18H,5-9,17H2,1-4H3. The van der Waals surface area contributed by atoms with E-state index >= 15 is 0 Å². The summed E-state index contributed by atoms with van der Waals surface area (Å²) in [7, 11) is 0. The number of hydrogen-bond acceptors (Lipinski definition) is 2. The molecule has 1 aromatic rings. The molecule has 0 saturated carbocycles. The first-order chi connectivity index (χ1) is 8.60. The van der Waals surface area contributed by atoms with E-state index in [9.17, 15) is 0 Å². The van der Waals surface area contributed by atoms with E-state index in [2.05, 4.69) is 45.3 Å². The van der Waals surface area contributed by atoms with Crippen LogP contribution in [0.4, 0.5) is 0 Å². The zero-order valence-electron chi connectivity index (χ0n) is 12.3. The maximum absolute atomic E-state index is 5.75. The van der Waals surface area contributed by atoms with Crippen LogP contribution in [-0.4, -0.2) is 0 Å². The molecule has 0 bridgehead atoms. The van der Waals surface area contributed by atoms with Crippen LogP contribution in [0.1, 0.15) is 67.3 Å². The monoisotopic (exact) mass is 248 g/mol. The highest BCUT2D eigenvalue weighted by Crippen LogP contribution is 2.27. The number of nitrogens with two attached hydrogens (primary N) is 1. The molecule has 0 heterocycles. The van der Waals surface area contributed by atoms with Crippen LogP contribution in [0.2, 0.25) is 0 Å². The number of aryl methyl sites for hydroxylation is 3. The maximum atomic E-state index is 5.75. The Bertz CT molecular complexity index is 348. The predicted octanol–water partition coefficient (Wildman–Crippen LogP) is 4.09. The molecule has 0 spiro atoms. The second kappa shape index (κ2) is 7.55. The Hall–Kier alpha value is -0.860. The summed E-state index contributed by atoms with van der Waals surface area (Å²) in [4.78, 5) is 0. The van der Waals surface area contributed by atoms with Gasteiger partial charge in [-0.1, -0.05) is 50.3 Å². The largest absolute Gasteiger partial charge is 0.271 e. The highest BCUT2D eigenvalue weighted by atomic mass is 15.2. The summed E-state index contributed by atoms with van der Waals surface area (Å²) in [5, 5.41) is 0. The molecule has 18 heavy (non-hydrogen) atoms. The van der Waals surface area contributed by atoms with Gasteiger partial charge < -0.3 is 0 Å². The van der Waals surface area contributed by atoms with Gasteiger partial charge in [-0.3, -0.25) is 11.3 Å². The van der Waals surface area contributed by atoms with Gasteiger partial charge in [0.15, 0.2) is 0 Å². The normalized spacial score (nSPS) is 12.7. The molecule has 2 heteroatoms. The summed E-state index contributed by atoms with van der Waals surface area (Å²) < 4.78 is 0. The lowest BCUT2D eigenvalue weighted by molar-refractivity contribution is 0.478. The molecular formula is C16H28N2. The third-order valence-electron chi connectivity index (χ3n) is 3.63. The summed E-state index contributed by atoms with van der Waals surface area (Å²) in [5.41, 5.74) is 8.42. The first-order valence-electron chi connectivity index (χ1n) is 7.14. The molecule has 0 fully saturated rings. The molecule has 0 radical (unpaired) electrons. The molecule has 1 atom stereocenters. The Morgan fingerprint density at radius 3 is 2.17 bits per heavy atom. The Morgan fingerprint density at radius 1 is 1.06 bits per heavy atom. The van der Waals surface area contributed by atoms with Crippen LogP contribution < -0.4 is 11.3 Å². The predicted molar refractivity (Wildman–Crippen MR) is 79.5 cm³/mol. The van der Waals surface area contributed by atoms with Crippen LogP contribution in [0, 0.1) is 20.8 Å². The van der Waals surface area contributed by atoms with Gasteiger partial charge in [0.05, 0.1) is 0 Å². The highest BCUT2D eigenvalue weighted by Gasteiger charge is 2.14. The van der Waals surface area contributed by atoms with Gasteiger partial charge >= 0.3 is 0 Å². The van der Waals surface area contributed by atoms with E-state index in [0.717, 1.165) is 6.42 Å². The van der Waals surface area contributed by atoms with E-state index in [1.165, 1.54) is 47.9 Å². The average molecular weight is 248 g/mol. The molecule has 2 nitrogen and oxygen atoms in total. The van der Waals surface area contributed by atoms with Crippen molar-refractivity contribution in [3.63, 3.8) is 0 Å². The van der Waals surface area contributed by atoms with Crippen molar-refractivity contribution < 1.29 is 0 Å².